The molecule has 5 heteroatoms. The highest BCUT2D eigenvalue weighted by Gasteiger charge is 2.12. The number of aryl methyl sites for hydroxylation is 1. The molecule has 0 amide bonds. The largest absolute Gasteiger partial charge is 0.463 e. The molecule has 0 saturated heterocycles. The van der Waals surface area contributed by atoms with E-state index in [-0.39, 0.29) is 5.76 Å². The van der Waals surface area contributed by atoms with E-state index in [1.54, 1.807) is 19.2 Å². The number of ether oxygens (including phenoxy) is 2. The molecule has 0 radical (unpaired) electrons. The van der Waals surface area contributed by atoms with E-state index in [4.69, 9.17) is 14.3 Å². The third-order valence-corrected chi connectivity index (χ3v) is 3.67. The van der Waals surface area contributed by atoms with Crippen LogP contribution in [0.4, 0.5) is 0 Å². The van der Waals surface area contributed by atoms with Crippen LogP contribution < -0.4 is 4.74 Å². The first-order valence-electron chi connectivity index (χ1n) is 8.33. The average molecular weight is 353 g/mol. The molecule has 136 valence electrons. The molecule has 0 N–H and O–H groups in total. The van der Waals surface area contributed by atoms with Crippen molar-refractivity contribution in [2.75, 3.05) is 7.11 Å². The molecule has 0 unspecified atom stereocenters. The number of oxime groups is 1. The Bertz CT molecular complexity index is 782. The van der Waals surface area contributed by atoms with Crippen LogP contribution in [0.5, 0.6) is 5.75 Å². The highest BCUT2D eigenvalue weighted by molar-refractivity contribution is 5.86. The van der Waals surface area contributed by atoms with Gasteiger partial charge in [0.05, 0.1) is 7.11 Å². The number of allylic oxidation sites excluding steroid dienone is 1. The van der Waals surface area contributed by atoms with Crippen LogP contribution in [0.3, 0.4) is 0 Å². The first kappa shape index (κ1) is 19.2. The van der Waals surface area contributed by atoms with Crippen molar-refractivity contribution in [1.82, 2.24) is 0 Å². The second-order valence-corrected chi connectivity index (χ2v) is 5.60. The smallest absolute Gasteiger partial charge is 0.373 e. The number of benzene rings is 2. The first-order chi connectivity index (χ1) is 12.6. The predicted molar refractivity (Wildman–Crippen MR) is 101 cm³/mol. The van der Waals surface area contributed by atoms with Crippen molar-refractivity contribution in [2.45, 2.75) is 26.9 Å². The molecule has 0 bridgehead atoms. The molecule has 0 spiro atoms. The van der Waals surface area contributed by atoms with E-state index in [2.05, 4.69) is 5.16 Å². The number of hydrogen-bond acceptors (Lipinski definition) is 5. The van der Waals surface area contributed by atoms with Crippen molar-refractivity contribution in [3.05, 3.63) is 77.1 Å². The lowest BCUT2D eigenvalue weighted by atomic mass is 10.1. The van der Waals surface area contributed by atoms with Crippen LogP contribution in [0.1, 0.15) is 23.6 Å². The van der Waals surface area contributed by atoms with Gasteiger partial charge in [0.25, 0.3) is 0 Å². The van der Waals surface area contributed by atoms with Gasteiger partial charge < -0.3 is 14.3 Å². The van der Waals surface area contributed by atoms with Gasteiger partial charge in [-0.05, 0) is 42.7 Å². The number of carbonyl (C=O) groups excluding carboxylic acids is 1. The van der Waals surface area contributed by atoms with Gasteiger partial charge in [-0.2, -0.15) is 0 Å². The summed E-state index contributed by atoms with van der Waals surface area (Å²) in [5.41, 5.74) is 2.99. The monoisotopic (exact) mass is 353 g/mol. The Hall–Kier alpha value is -3.08. The fraction of sp³-hybridized carbons (Fsp3) is 0.238. The molecule has 0 aliphatic carbocycles. The summed E-state index contributed by atoms with van der Waals surface area (Å²) < 4.78 is 10.4. The first-order valence-corrected chi connectivity index (χ1v) is 8.33. The van der Waals surface area contributed by atoms with E-state index in [9.17, 15) is 4.79 Å². The second kappa shape index (κ2) is 10.0. The molecule has 2 rings (SSSR count). The van der Waals surface area contributed by atoms with Gasteiger partial charge in [-0.3, -0.25) is 0 Å². The van der Waals surface area contributed by atoms with E-state index < -0.39 is 5.97 Å². The molecule has 0 aliphatic heterocycles. The Kier molecular flexibility index (Phi) is 7.43. The molecular weight excluding hydrogens is 330 g/mol. The van der Waals surface area contributed by atoms with Crippen LogP contribution in [-0.2, 0) is 27.4 Å². The Morgan fingerprint density at radius 2 is 1.88 bits per heavy atom. The number of esters is 1. The molecule has 5 nitrogen and oxygen atoms in total. The van der Waals surface area contributed by atoms with Crippen molar-refractivity contribution in [1.29, 1.82) is 0 Å². The average Bonchev–Trinajstić information content (AvgIpc) is 2.68. The van der Waals surface area contributed by atoms with E-state index in [1.165, 1.54) is 7.11 Å². The maximum absolute atomic E-state index is 11.7. The zero-order valence-corrected chi connectivity index (χ0v) is 15.3. The summed E-state index contributed by atoms with van der Waals surface area (Å²) in [5.74, 6) is 0.264. The predicted octanol–water partition coefficient (Wildman–Crippen LogP) is 4.20. The summed E-state index contributed by atoms with van der Waals surface area (Å²) in [5, 5.41) is 3.98. The zero-order valence-electron chi connectivity index (χ0n) is 15.3. The second-order valence-electron chi connectivity index (χ2n) is 5.60. The molecule has 0 aliphatic rings. The number of hydrogen-bond donors (Lipinski definition) is 0. The van der Waals surface area contributed by atoms with Gasteiger partial charge in [-0.1, -0.05) is 47.6 Å². The highest BCUT2D eigenvalue weighted by atomic mass is 16.6. The van der Waals surface area contributed by atoms with Crippen LogP contribution in [-0.4, -0.2) is 19.3 Å². The molecule has 26 heavy (non-hydrogen) atoms. The van der Waals surface area contributed by atoms with Crippen LogP contribution >= 0.6 is 0 Å². The Balaban J connectivity index is 1.94. The molecule has 2 aromatic carbocycles. The quantitative estimate of drug-likeness (QED) is 0.235. The van der Waals surface area contributed by atoms with Crippen LogP contribution in [0.15, 0.2) is 65.5 Å². The molecule has 0 saturated carbocycles. The van der Waals surface area contributed by atoms with Crippen molar-refractivity contribution in [2.24, 2.45) is 5.16 Å². The summed E-state index contributed by atoms with van der Waals surface area (Å²) in [6.45, 7) is 4.08. The molecule has 2 aromatic rings. The molecule has 0 heterocycles. The Morgan fingerprint density at radius 1 is 1.12 bits per heavy atom. The van der Waals surface area contributed by atoms with Gasteiger partial charge in [0.1, 0.15) is 12.4 Å². The third-order valence-electron chi connectivity index (χ3n) is 3.67. The molecule has 0 aromatic heterocycles. The van der Waals surface area contributed by atoms with E-state index in [0.717, 1.165) is 16.7 Å². The van der Waals surface area contributed by atoms with Gasteiger partial charge >= 0.3 is 5.97 Å². The topological polar surface area (TPSA) is 57.1 Å². The summed E-state index contributed by atoms with van der Waals surface area (Å²) >= 11 is 0. The highest BCUT2D eigenvalue weighted by Crippen LogP contribution is 2.22. The number of rotatable bonds is 8. The normalized spacial score (nSPS) is 11.4. The van der Waals surface area contributed by atoms with Crippen molar-refractivity contribution >= 4 is 12.2 Å². The van der Waals surface area contributed by atoms with Crippen molar-refractivity contribution in [3.8, 4) is 5.75 Å². The minimum atomic E-state index is -0.506. The minimum Gasteiger partial charge on any atom is -0.463 e. The fourth-order valence-electron chi connectivity index (χ4n) is 2.20. The van der Waals surface area contributed by atoms with Gasteiger partial charge in [0, 0.05) is 12.6 Å². The van der Waals surface area contributed by atoms with Crippen LogP contribution in [0, 0.1) is 6.92 Å². The SMILES string of the molecule is CC=C(Oc1cc(CC=NOCc2ccccc2)ccc1C)C(=O)OC. The summed E-state index contributed by atoms with van der Waals surface area (Å²) in [4.78, 5) is 16.9. The summed E-state index contributed by atoms with van der Waals surface area (Å²) in [6.07, 6.45) is 3.87. The number of methoxy groups -OCH3 is 1. The van der Waals surface area contributed by atoms with E-state index in [0.29, 0.717) is 18.8 Å². The Morgan fingerprint density at radius 3 is 2.58 bits per heavy atom. The number of nitrogens with zero attached hydrogens (tertiary/aromatic N) is 1. The standard InChI is InChI=1S/C21H23NO4/c1-4-19(21(23)24-3)26-20-14-17(11-10-16(20)2)12-13-22-25-15-18-8-6-5-7-9-18/h4-11,13-14H,12,15H2,1-3H3. The lowest BCUT2D eigenvalue weighted by Crippen LogP contribution is -2.11. The number of carbonyl (C=O) groups is 1. The summed E-state index contributed by atoms with van der Waals surface area (Å²) in [6, 6.07) is 15.7. The van der Waals surface area contributed by atoms with E-state index in [1.807, 2.05) is 55.5 Å². The molecule has 0 fully saturated rings. The Labute approximate surface area is 153 Å². The lowest BCUT2D eigenvalue weighted by molar-refractivity contribution is -0.138. The molecule has 0 atom stereocenters. The summed E-state index contributed by atoms with van der Waals surface area (Å²) in [7, 11) is 1.32. The maximum Gasteiger partial charge on any atom is 0.373 e. The maximum atomic E-state index is 11.7. The third kappa shape index (κ3) is 5.77. The lowest BCUT2D eigenvalue weighted by Gasteiger charge is -2.11. The fourth-order valence-corrected chi connectivity index (χ4v) is 2.20. The minimum absolute atomic E-state index is 0.160. The van der Waals surface area contributed by atoms with Crippen molar-refractivity contribution < 1.29 is 19.1 Å². The van der Waals surface area contributed by atoms with Gasteiger partial charge in [0.2, 0.25) is 5.76 Å². The van der Waals surface area contributed by atoms with Crippen LogP contribution in [0.2, 0.25) is 0 Å². The van der Waals surface area contributed by atoms with E-state index >= 15 is 0 Å². The van der Waals surface area contributed by atoms with Gasteiger partial charge in [-0.15, -0.1) is 0 Å². The zero-order chi connectivity index (χ0) is 18.8. The van der Waals surface area contributed by atoms with Gasteiger partial charge in [0.15, 0.2) is 0 Å². The van der Waals surface area contributed by atoms with Crippen molar-refractivity contribution in [3.63, 3.8) is 0 Å². The van der Waals surface area contributed by atoms with Crippen LogP contribution in [0.25, 0.3) is 0 Å². The van der Waals surface area contributed by atoms with Gasteiger partial charge in [-0.25, -0.2) is 4.79 Å². The molecular formula is C21H23NO4.